The first kappa shape index (κ1) is 31.5. The summed E-state index contributed by atoms with van der Waals surface area (Å²) in [6, 6.07) is 16.5. The van der Waals surface area contributed by atoms with Gasteiger partial charge < -0.3 is 20.7 Å². The number of carbonyl (C=O) groups excluding carboxylic acids is 3. The number of ether oxygens (including phenoxy) is 1. The highest BCUT2D eigenvalue weighted by Crippen LogP contribution is 2.31. The first-order valence-electron chi connectivity index (χ1n) is 14.5. The zero-order valence-electron chi connectivity index (χ0n) is 26.1. The van der Waals surface area contributed by atoms with E-state index in [-0.39, 0.29) is 23.6 Å². The second-order valence-corrected chi connectivity index (χ2v) is 13.8. The highest BCUT2D eigenvalue weighted by Gasteiger charge is 2.22. The van der Waals surface area contributed by atoms with Gasteiger partial charge in [-0.3, -0.25) is 14.6 Å². The van der Waals surface area contributed by atoms with Gasteiger partial charge in [-0.1, -0.05) is 39.0 Å². The number of hydrogen-bond donors (Lipinski definition) is 3. The lowest BCUT2D eigenvalue weighted by Gasteiger charge is -2.23. The van der Waals surface area contributed by atoms with E-state index in [1.807, 2.05) is 18.2 Å². The van der Waals surface area contributed by atoms with E-state index in [2.05, 4.69) is 64.9 Å². The highest BCUT2D eigenvalue weighted by atomic mass is 32.1. The number of thiophene rings is 1. The van der Waals surface area contributed by atoms with Crippen LogP contribution >= 0.6 is 11.3 Å². The second-order valence-electron chi connectivity index (χ2n) is 12.7. The van der Waals surface area contributed by atoms with E-state index in [9.17, 15) is 14.4 Å². The average Bonchev–Trinajstić information content (AvgIpc) is 3.40. The molecule has 1 unspecified atom stereocenters. The lowest BCUT2D eigenvalue weighted by atomic mass is 9.86. The van der Waals surface area contributed by atoms with E-state index in [1.165, 1.54) is 35.5 Å². The molecule has 5 aromatic rings. The molecule has 0 aliphatic heterocycles. The van der Waals surface area contributed by atoms with Crippen molar-refractivity contribution in [2.45, 2.75) is 58.6 Å². The number of pyridine rings is 1. The molecule has 3 heterocycles. The van der Waals surface area contributed by atoms with Gasteiger partial charge in [-0.15, -0.1) is 11.3 Å². The summed E-state index contributed by atoms with van der Waals surface area (Å²) in [6.07, 6.45) is 3.69. The fourth-order valence-corrected chi connectivity index (χ4v) is 5.56. The van der Waals surface area contributed by atoms with Gasteiger partial charge in [0, 0.05) is 35.4 Å². The molecule has 0 saturated heterocycles. The number of nitrogens with zero attached hydrogens (tertiary/aromatic N) is 3. The summed E-state index contributed by atoms with van der Waals surface area (Å²) in [5, 5.41) is 10.5. The van der Waals surface area contributed by atoms with Crippen LogP contribution in [0.3, 0.4) is 0 Å². The Hall–Kier alpha value is -4.90. The van der Waals surface area contributed by atoms with Crippen molar-refractivity contribution < 1.29 is 19.1 Å². The normalized spacial score (nSPS) is 12.5. The number of carbonyl (C=O) groups is 3. The first-order chi connectivity index (χ1) is 21.2. The standard InChI is InChI=1S/C34H36N6O4S/c1-33(2,3)23-10-11-25-21(15-23)14-22-17-28(45-31(22)40-25)30(42)39-26(19-37-32(43)44-34(4,5)6)20-8-7-9-24(16-20)38-29(41)27-18-35-12-13-36-27/h7-18,26H,19H2,1-6H3,(H,37,43)(H,38,41)(H,39,42). The highest BCUT2D eigenvalue weighted by molar-refractivity contribution is 7.20. The molecule has 0 aliphatic rings. The Balaban J connectivity index is 1.40. The quantitative estimate of drug-likeness (QED) is 0.182. The minimum Gasteiger partial charge on any atom is -0.444 e. The van der Waals surface area contributed by atoms with E-state index in [4.69, 9.17) is 9.72 Å². The van der Waals surface area contributed by atoms with Crippen LogP contribution in [0.15, 0.2) is 73.2 Å². The average molecular weight is 625 g/mol. The molecule has 0 aliphatic carbocycles. The summed E-state index contributed by atoms with van der Waals surface area (Å²) < 4.78 is 5.41. The van der Waals surface area contributed by atoms with Crippen molar-refractivity contribution in [1.29, 1.82) is 0 Å². The molecular formula is C34H36N6O4S. The summed E-state index contributed by atoms with van der Waals surface area (Å²) >= 11 is 1.30. The van der Waals surface area contributed by atoms with E-state index in [0.29, 0.717) is 16.1 Å². The number of benzene rings is 2. The van der Waals surface area contributed by atoms with Crippen molar-refractivity contribution in [1.82, 2.24) is 25.6 Å². The Morgan fingerprint density at radius 3 is 2.42 bits per heavy atom. The van der Waals surface area contributed by atoms with Gasteiger partial charge in [0.2, 0.25) is 0 Å². The van der Waals surface area contributed by atoms with Gasteiger partial charge in [-0.2, -0.15) is 0 Å². The summed E-state index contributed by atoms with van der Waals surface area (Å²) in [6.45, 7) is 11.9. The molecule has 11 heteroatoms. The minimum atomic E-state index is -0.686. The Kier molecular flexibility index (Phi) is 8.83. The lowest BCUT2D eigenvalue weighted by molar-refractivity contribution is 0.0519. The fraction of sp³-hybridized carbons (Fsp3) is 0.294. The van der Waals surface area contributed by atoms with Crippen LogP contribution in [0.4, 0.5) is 10.5 Å². The van der Waals surface area contributed by atoms with Crippen molar-refractivity contribution >= 4 is 56.1 Å². The molecule has 0 bridgehead atoms. The first-order valence-corrected chi connectivity index (χ1v) is 15.4. The SMILES string of the molecule is CC(C)(C)OC(=O)NCC(NC(=O)c1cc2cc3cc(C(C)(C)C)ccc3nc2s1)c1cccc(NC(=O)c2cnccn2)c1. The maximum atomic E-state index is 13.6. The predicted octanol–water partition coefficient (Wildman–Crippen LogP) is 6.79. The third kappa shape index (κ3) is 7.98. The van der Waals surface area contributed by atoms with Crippen molar-refractivity contribution in [2.75, 3.05) is 11.9 Å². The molecule has 232 valence electrons. The van der Waals surface area contributed by atoms with Crippen molar-refractivity contribution in [3.05, 3.63) is 94.9 Å². The number of rotatable bonds is 7. The molecule has 5 rings (SSSR count). The molecule has 0 saturated carbocycles. The van der Waals surface area contributed by atoms with Crippen molar-refractivity contribution in [3.8, 4) is 0 Å². The fourth-order valence-electron chi connectivity index (χ4n) is 4.64. The van der Waals surface area contributed by atoms with E-state index in [1.54, 1.807) is 39.0 Å². The van der Waals surface area contributed by atoms with Gasteiger partial charge in [0.25, 0.3) is 11.8 Å². The number of alkyl carbamates (subject to hydrolysis) is 1. The number of anilines is 1. The summed E-state index contributed by atoms with van der Waals surface area (Å²) in [5.74, 6) is -0.741. The lowest BCUT2D eigenvalue weighted by Crippen LogP contribution is -2.40. The Morgan fingerprint density at radius 1 is 0.911 bits per heavy atom. The van der Waals surface area contributed by atoms with Crippen LogP contribution in [-0.4, -0.2) is 45.0 Å². The Bertz CT molecular complexity index is 1880. The van der Waals surface area contributed by atoms with Crippen LogP contribution in [-0.2, 0) is 10.2 Å². The summed E-state index contributed by atoms with van der Waals surface area (Å²) in [4.78, 5) is 52.9. The Labute approximate surface area is 265 Å². The molecule has 0 radical (unpaired) electrons. The van der Waals surface area contributed by atoms with Gasteiger partial charge in [0.05, 0.1) is 22.6 Å². The Morgan fingerprint density at radius 2 is 1.71 bits per heavy atom. The van der Waals surface area contributed by atoms with Crippen molar-refractivity contribution in [3.63, 3.8) is 0 Å². The summed E-state index contributed by atoms with van der Waals surface area (Å²) in [7, 11) is 0. The van der Waals surface area contributed by atoms with Crippen molar-refractivity contribution in [2.24, 2.45) is 0 Å². The maximum Gasteiger partial charge on any atom is 0.407 e. The molecule has 3 aromatic heterocycles. The van der Waals surface area contributed by atoms with E-state index < -0.39 is 23.6 Å². The molecule has 3 amide bonds. The maximum absolute atomic E-state index is 13.6. The van der Waals surface area contributed by atoms with Crippen LogP contribution in [0.25, 0.3) is 21.1 Å². The van der Waals surface area contributed by atoms with Gasteiger partial charge >= 0.3 is 6.09 Å². The molecule has 0 spiro atoms. The third-order valence-corrected chi connectivity index (χ3v) is 7.93. The number of fused-ring (bicyclic) bond motifs is 2. The van der Waals surface area contributed by atoms with Crippen LogP contribution < -0.4 is 16.0 Å². The molecule has 3 N–H and O–H groups in total. The topological polar surface area (TPSA) is 135 Å². The van der Waals surface area contributed by atoms with Gasteiger partial charge in [0.15, 0.2) is 0 Å². The molecule has 10 nitrogen and oxygen atoms in total. The zero-order chi connectivity index (χ0) is 32.4. The monoisotopic (exact) mass is 624 g/mol. The predicted molar refractivity (Wildman–Crippen MR) is 177 cm³/mol. The number of aromatic nitrogens is 3. The van der Waals surface area contributed by atoms with Gasteiger partial charge in [0.1, 0.15) is 16.1 Å². The van der Waals surface area contributed by atoms with Crippen LogP contribution in [0, 0.1) is 0 Å². The van der Waals surface area contributed by atoms with Gasteiger partial charge in [-0.25, -0.2) is 14.8 Å². The van der Waals surface area contributed by atoms with E-state index >= 15 is 0 Å². The molecule has 1 atom stereocenters. The molecule has 0 fully saturated rings. The van der Waals surface area contributed by atoms with Crippen LogP contribution in [0.1, 0.15) is 78.9 Å². The minimum absolute atomic E-state index is 0.000939. The summed E-state index contributed by atoms with van der Waals surface area (Å²) in [5.41, 5.74) is 2.71. The second kappa shape index (κ2) is 12.6. The smallest absolute Gasteiger partial charge is 0.407 e. The number of amides is 3. The zero-order valence-corrected chi connectivity index (χ0v) is 26.9. The molecular weight excluding hydrogens is 588 g/mol. The third-order valence-electron chi connectivity index (χ3n) is 6.89. The van der Waals surface area contributed by atoms with Crippen LogP contribution in [0.2, 0.25) is 0 Å². The molecule has 45 heavy (non-hydrogen) atoms. The number of hydrogen-bond acceptors (Lipinski definition) is 8. The molecule has 2 aromatic carbocycles. The van der Waals surface area contributed by atoms with Crippen LogP contribution in [0.5, 0.6) is 0 Å². The van der Waals surface area contributed by atoms with Gasteiger partial charge in [-0.05, 0) is 73.7 Å². The largest absolute Gasteiger partial charge is 0.444 e. The van der Waals surface area contributed by atoms with E-state index in [0.717, 1.165) is 21.1 Å². The number of nitrogens with one attached hydrogen (secondary N) is 3.